The summed E-state index contributed by atoms with van der Waals surface area (Å²) in [6.07, 6.45) is 3.92. The lowest BCUT2D eigenvalue weighted by Gasteiger charge is -2.17. The second-order valence-corrected chi connectivity index (χ2v) is 6.32. The fourth-order valence-corrected chi connectivity index (χ4v) is 3.29. The van der Waals surface area contributed by atoms with Crippen LogP contribution in [0.15, 0.2) is 59.6 Å². The maximum atomic E-state index is 12.2. The molecule has 6 heteroatoms. The Morgan fingerprint density at radius 1 is 1.30 bits per heavy atom. The van der Waals surface area contributed by atoms with Gasteiger partial charge in [0.05, 0.1) is 12.5 Å². The fraction of sp³-hybridized carbons (Fsp3) is 0.176. The molecule has 1 unspecified atom stereocenters. The molecule has 3 rings (SSSR count). The second-order valence-electron chi connectivity index (χ2n) is 5.13. The molecule has 2 aromatic heterocycles. The molecule has 0 aliphatic rings. The van der Waals surface area contributed by atoms with Gasteiger partial charge in [-0.1, -0.05) is 29.8 Å². The molecule has 1 atom stereocenters. The minimum absolute atomic E-state index is 0.00792. The number of halogens is 1. The average Bonchev–Trinajstić information content (AvgIpc) is 3.23. The van der Waals surface area contributed by atoms with E-state index in [4.69, 9.17) is 11.6 Å². The van der Waals surface area contributed by atoms with Crippen molar-refractivity contribution in [2.45, 2.75) is 12.5 Å². The van der Waals surface area contributed by atoms with Gasteiger partial charge >= 0.3 is 0 Å². The molecule has 118 valence electrons. The topological polar surface area (TPSA) is 46.9 Å². The van der Waals surface area contributed by atoms with E-state index in [1.165, 1.54) is 0 Å². The van der Waals surface area contributed by atoms with E-state index >= 15 is 0 Å². The average molecular weight is 346 g/mol. The quantitative estimate of drug-likeness (QED) is 0.742. The van der Waals surface area contributed by atoms with Gasteiger partial charge in [0, 0.05) is 24.0 Å². The molecule has 0 spiro atoms. The van der Waals surface area contributed by atoms with Crippen LogP contribution in [0.1, 0.15) is 17.2 Å². The van der Waals surface area contributed by atoms with Crippen molar-refractivity contribution in [3.63, 3.8) is 0 Å². The Hall–Kier alpha value is -2.11. The molecule has 1 N–H and O–H groups in total. The van der Waals surface area contributed by atoms with Crippen LogP contribution in [0.25, 0.3) is 0 Å². The highest BCUT2D eigenvalue weighted by molar-refractivity contribution is 7.07. The first-order chi connectivity index (χ1) is 11.2. The molecule has 0 saturated carbocycles. The van der Waals surface area contributed by atoms with Crippen molar-refractivity contribution in [3.05, 3.63) is 75.7 Å². The van der Waals surface area contributed by atoms with Gasteiger partial charge in [0.15, 0.2) is 0 Å². The zero-order valence-corrected chi connectivity index (χ0v) is 13.9. The summed E-state index contributed by atoms with van der Waals surface area (Å²) in [5.41, 5.74) is 1.97. The standard InChI is InChI=1S/C17H16ClN3OS/c18-15-5-2-1-4-13(15)10-17(22)19-11-16(14-6-9-23-12-14)21-8-3-7-20-21/h1-9,12,16H,10-11H2,(H,19,22). The van der Waals surface area contributed by atoms with Gasteiger partial charge in [0.1, 0.15) is 0 Å². The highest BCUT2D eigenvalue weighted by Gasteiger charge is 2.16. The van der Waals surface area contributed by atoms with Crippen LogP contribution in [-0.4, -0.2) is 22.2 Å². The fourth-order valence-electron chi connectivity index (χ4n) is 2.38. The molecule has 3 aromatic rings. The van der Waals surface area contributed by atoms with Crippen molar-refractivity contribution >= 4 is 28.8 Å². The Bertz CT molecular complexity index is 722. The zero-order valence-electron chi connectivity index (χ0n) is 12.4. The number of carbonyl (C=O) groups is 1. The smallest absolute Gasteiger partial charge is 0.224 e. The normalized spacial score (nSPS) is 12.0. The van der Waals surface area contributed by atoms with E-state index in [1.54, 1.807) is 23.6 Å². The number of aromatic nitrogens is 2. The van der Waals surface area contributed by atoms with Crippen LogP contribution >= 0.6 is 22.9 Å². The molecule has 0 fully saturated rings. The van der Waals surface area contributed by atoms with E-state index in [9.17, 15) is 4.79 Å². The van der Waals surface area contributed by atoms with Crippen LogP contribution in [0.4, 0.5) is 0 Å². The van der Waals surface area contributed by atoms with E-state index in [-0.39, 0.29) is 18.4 Å². The van der Waals surface area contributed by atoms with Gasteiger partial charge in [0.2, 0.25) is 5.91 Å². The Balaban J connectivity index is 1.65. The van der Waals surface area contributed by atoms with Crippen LogP contribution in [0.5, 0.6) is 0 Å². The SMILES string of the molecule is O=C(Cc1ccccc1Cl)NCC(c1ccsc1)n1cccn1. The largest absolute Gasteiger partial charge is 0.353 e. The van der Waals surface area contributed by atoms with Crippen molar-refractivity contribution < 1.29 is 4.79 Å². The summed E-state index contributed by atoms with van der Waals surface area (Å²) in [5, 5.41) is 12.0. The number of thiophene rings is 1. The minimum atomic E-state index is -0.0505. The second kappa shape index (κ2) is 7.44. The number of benzene rings is 1. The lowest BCUT2D eigenvalue weighted by molar-refractivity contribution is -0.120. The monoisotopic (exact) mass is 345 g/mol. The summed E-state index contributed by atoms with van der Waals surface area (Å²) in [4.78, 5) is 12.2. The van der Waals surface area contributed by atoms with E-state index in [0.717, 1.165) is 11.1 Å². The molecular formula is C17H16ClN3OS. The molecule has 0 radical (unpaired) electrons. The minimum Gasteiger partial charge on any atom is -0.353 e. The molecule has 1 aromatic carbocycles. The summed E-state index contributed by atoms with van der Waals surface area (Å²) >= 11 is 7.73. The molecule has 1 amide bonds. The Labute approximate surface area is 143 Å². The lowest BCUT2D eigenvalue weighted by atomic mass is 10.1. The number of nitrogens with one attached hydrogen (secondary N) is 1. The molecule has 0 aliphatic heterocycles. The van der Waals surface area contributed by atoms with E-state index in [2.05, 4.69) is 21.9 Å². The van der Waals surface area contributed by atoms with Gasteiger partial charge in [-0.2, -0.15) is 16.4 Å². The van der Waals surface area contributed by atoms with Crippen molar-refractivity contribution in [1.29, 1.82) is 0 Å². The number of amides is 1. The summed E-state index contributed by atoms with van der Waals surface area (Å²) in [6, 6.07) is 11.3. The Morgan fingerprint density at radius 2 is 2.17 bits per heavy atom. The first-order valence-corrected chi connectivity index (χ1v) is 8.57. The highest BCUT2D eigenvalue weighted by Crippen LogP contribution is 2.20. The van der Waals surface area contributed by atoms with Gasteiger partial charge in [-0.25, -0.2) is 0 Å². The number of hydrogen-bond acceptors (Lipinski definition) is 3. The summed E-state index contributed by atoms with van der Waals surface area (Å²) in [7, 11) is 0. The zero-order chi connectivity index (χ0) is 16.1. The first kappa shape index (κ1) is 15.8. The van der Waals surface area contributed by atoms with Crippen LogP contribution in [0.3, 0.4) is 0 Å². The molecule has 0 bridgehead atoms. The summed E-state index contributed by atoms with van der Waals surface area (Å²) in [6.45, 7) is 0.488. The van der Waals surface area contributed by atoms with Crippen molar-refractivity contribution in [2.24, 2.45) is 0 Å². The van der Waals surface area contributed by atoms with Crippen molar-refractivity contribution in [1.82, 2.24) is 15.1 Å². The van der Waals surface area contributed by atoms with E-state index in [0.29, 0.717) is 11.6 Å². The van der Waals surface area contributed by atoms with Gasteiger partial charge in [-0.05, 0) is 40.1 Å². The van der Waals surface area contributed by atoms with Crippen molar-refractivity contribution in [2.75, 3.05) is 6.54 Å². The van der Waals surface area contributed by atoms with E-state index in [1.807, 2.05) is 40.5 Å². The van der Waals surface area contributed by atoms with Gasteiger partial charge < -0.3 is 5.32 Å². The predicted molar refractivity (Wildman–Crippen MR) is 92.9 cm³/mol. The van der Waals surface area contributed by atoms with Crippen LogP contribution in [-0.2, 0) is 11.2 Å². The summed E-state index contributed by atoms with van der Waals surface area (Å²) < 4.78 is 1.86. The number of carbonyl (C=O) groups excluding carboxylic acids is 1. The number of hydrogen-bond donors (Lipinski definition) is 1. The van der Waals surface area contributed by atoms with Gasteiger partial charge in [-0.15, -0.1) is 0 Å². The van der Waals surface area contributed by atoms with E-state index < -0.39 is 0 Å². The predicted octanol–water partition coefficient (Wildman–Crippen LogP) is 3.55. The lowest BCUT2D eigenvalue weighted by Crippen LogP contribution is -2.32. The highest BCUT2D eigenvalue weighted by atomic mass is 35.5. The Morgan fingerprint density at radius 3 is 2.87 bits per heavy atom. The number of nitrogens with zero attached hydrogens (tertiary/aromatic N) is 2. The number of rotatable bonds is 6. The van der Waals surface area contributed by atoms with Gasteiger partial charge in [-0.3, -0.25) is 9.48 Å². The van der Waals surface area contributed by atoms with Crippen molar-refractivity contribution in [3.8, 4) is 0 Å². The third-order valence-corrected chi connectivity index (χ3v) is 4.64. The maximum Gasteiger partial charge on any atom is 0.224 e. The van der Waals surface area contributed by atoms with Crippen LogP contribution < -0.4 is 5.32 Å². The van der Waals surface area contributed by atoms with Gasteiger partial charge in [0.25, 0.3) is 0 Å². The third-order valence-electron chi connectivity index (χ3n) is 3.57. The van der Waals surface area contributed by atoms with Crippen LogP contribution in [0.2, 0.25) is 5.02 Å². The molecule has 23 heavy (non-hydrogen) atoms. The first-order valence-electron chi connectivity index (χ1n) is 7.25. The molecule has 2 heterocycles. The third kappa shape index (κ3) is 4.00. The molecule has 0 aliphatic carbocycles. The molecule has 0 saturated heterocycles. The Kier molecular flexibility index (Phi) is 5.10. The van der Waals surface area contributed by atoms with Crippen LogP contribution in [0, 0.1) is 0 Å². The molecule has 4 nitrogen and oxygen atoms in total. The maximum absolute atomic E-state index is 12.2. The summed E-state index contributed by atoms with van der Waals surface area (Å²) in [5.74, 6) is -0.0505. The molecular weight excluding hydrogens is 330 g/mol.